The molecule has 2 aromatic rings. The van der Waals surface area contributed by atoms with Gasteiger partial charge in [0, 0.05) is 11.4 Å². The molecule has 0 amide bonds. The van der Waals surface area contributed by atoms with E-state index in [9.17, 15) is 22.1 Å². The van der Waals surface area contributed by atoms with Gasteiger partial charge in [0.15, 0.2) is 0 Å². The Kier molecular flexibility index (Phi) is 6.28. The summed E-state index contributed by atoms with van der Waals surface area (Å²) in [5.41, 5.74) is 0.168. The van der Waals surface area contributed by atoms with Crippen LogP contribution in [0.25, 0.3) is 0 Å². The molecule has 0 saturated carbocycles. The minimum Gasteiger partial charge on any atom is -0.598 e. The van der Waals surface area contributed by atoms with Crippen molar-refractivity contribution in [2.24, 2.45) is 0 Å². The smallest absolute Gasteiger partial charge is 0.416 e. The first-order valence-corrected chi connectivity index (χ1v) is 9.22. The van der Waals surface area contributed by atoms with Crippen LogP contribution in [-0.2, 0) is 17.5 Å². The first kappa shape index (κ1) is 21.0. The van der Waals surface area contributed by atoms with E-state index in [0.717, 1.165) is 18.2 Å². The molecule has 26 heavy (non-hydrogen) atoms. The van der Waals surface area contributed by atoms with Crippen LogP contribution >= 0.6 is 11.6 Å². The maximum Gasteiger partial charge on any atom is 0.416 e. The maximum atomic E-state index is 13.5. The topological polar surface area (TPSA) is 35.1 Å². The summed E-state index contributed by atoms with van der Waals surface area (Å²) in [5, 5.41) is -0.122. The number of nitrogens with one attached hydrogen (secondary N) is 1. The fourth-order valence-corrected chi connectivity index (χ4v) is 3.20. The number of rotatable bonds is 4. The molecular weight excluding hydrogens is 390 g/mol. The van der Waals surface area contributed by atoms with Gasteiger partial charge >= 0.3 is 6.18 Å². The molecule has 0 heterocycles. The van der Waals surface area contributed by atoms with Crippen LogP contribution in [0.4, 0.5) is 17.6 Å². The lowest BCUT2D eigenvalue weighted by Gasteiger charge is -2.28. The second-order valence-electron chi connectivity index (χ2n) is 6.73. The molecule has 2 nitrogen and oxygen atoms in total. The van der Waals surface area contributed by atoms with E-state index in [1.807, 2.05) is 0 Å². The van der Waals surface area contributed by atoms with Crippen molar-refractivity contribution in [1.29, 1.82) is 0 Å². The number of alkyl halides is 3. The number of hydrogen-bond donors (Lipinski definition) is 1. The zero-order valence-electron chi connectivity index (χ0n) is 14.3. The van der Waals surface area contributed by atoms with Crippen molar-refractivity contribution in [2.45, 2.75) is 37.7 Å². The van der Waals surface area contributed by atoms with Crippen LogP contribution in [0, 0.1) is 5.82 Å². The van der Waals surface area contributed by atoms with Gasteiger partial charge < -0.3 is 4.55 Å². The normalized spacial score (nSPS) is 15.0. The van der Waals surface area contributed by atoms with Crippen LogP contribution in [0.5, 0.6) is 0 Å². The standard InChI is InChI=1S/C18H18ClF4NOS/c1-17(2,3)26(25)24-16(12-6-9-15(20)14(19)10-12)11-4-7-13(8-5-11)18(21,22)23/h4-10,16,24H,1-3H3/t16-,26?/m0/s1. The summed E-state index contributed by atoms with van der Waals surface area (Å²) in [6, 6.07) is 7.79. The predicted molar refractivity (Wildman–Crippen MR) is 95.7 cm³/mol. The lowest BCUT2D eigenvalue weighted by atomic mass is 9.98. The molecule has 0 aliphatic carbocycles. The third kappa shape index (κ3) is 5.13. The molecule has 2 atom stereocenters. The van der Waals surface area contributed by atoms with E-state index < -0.39 is 39.7 Å². The molecule has 0 aliphatic rings. The van der Waals surface area contributed by atoms with Crippen molar-refractivity contribution >= 4 is 23.0 Å². The molecule has 0 fully saturated rings. The van der Waals surface area contributed by atoms with E-state index in [2.05, 4.69) is 4.72 Å². The van der Waals surface area contributed by atoms with Crippen LogP contribution in [0.1, 0.15) is 43.5 Å². The Balaban J connectivity index is 2.44. The van der Waals surface area contributed by atoms with Crippen LogP contribution in [-0.4, -0.2) is 9.30 Å². The van der Waals surface area contributed by atoms with Gasteiger partial charge in [-0.3, -0.25) is 0 Å². The van der Waals surface area contributed by atoms with E-state index >= 15 is 0 Å². The number of halogens is 5. The number of hydrogen-bond acceptors (Lipinski definition) is 2. The largest absolute Gasteiger partial charge is 0.598 e. The van der Waals surface area contributed by atoms with E-state index in [4.69, 9.17) is 11.6 Å². The SMILES string of the molecule is CC(C)(C)[S+]([O-])N[C@@H](c1ccc(C(F)(F)F)cc1)c1ccc(F)c(Cl)c1. The van der Waals surface area contributed by atoms with E-state index in [0.29, 0.717) is 11.1 Å². The van der Waals surface area contributed by atoms with E-state index in [1.54, 1.807) is 20.8 Å². The molecule has 0 bridgehead atoms. The van der Waals surface area contributed by atoms with Gasteiger partial charge in [-0.15, -0.1) is 4.72 Å². The fourth-order valence-electron chi connectivity index (χ4n) is 2.17. The highest BCUT2D eigenvalue weighted by molar-refractivity contribution is 7.90. The third-order valence-corrected chi connectivity index (χ3v) is 5.48. The summed E-state index contributed by atoms with van der Waals surface area (Å²) in [5.74, 6) is -0.612. The van der Waals surface area contributed by atoms with Gasteiger partial charge in [-0.25, -0.2) is 4.39 Å². The van der Waals surface area contributed by atoms with Gasteiger partial charge in [0.05, 0.1) is 10.6 Å². The zero-order chi connectivity index (χ0) is 19.7. The highest BCUT2D eigenvalue weighted by atomic mass is 35.5. The second-order valence-corrected chi connectivity index (χ2v) is 9.13. The van der Waals surface area contributed by atoms with Crippen LogP contribution in [0.2, 0.25) is 5.02 Å². The zero-order valence-corrected chi connectivity index (χ0v) is 15.9. The fraction of sp³-hybridized carbons (Fsp3) is 0.333. The Hall–Kier alpha value is -1.28. The average Bonchev–Trinajstić information content (AvgIpc) is 2.53. The van der Waals surface area contributed by atoms with Crippen molar-refractivity contribution in [3.63, 3.8) is 0 Å². The minimum absolute atomic E-state index is 0.122. The minimum atomic E-state index is -4.45. The van der Waals surface area contributed by atoms with Gasteiger partial charge in [-0.05, 0) is 56.2 Å². The quantitative estimate of drug-likeness (QED) is 0.526. The van der Waals surface area contributed by atoms with Crippen molar-refractivity contribution in [2.75, 3.05) is 0 Å². The maximum absolute atomic E-state index is 13.5. The average molecular weight is 408 g/mol. The van der Waals surface area contributed by atoms with Crippen LogP contribution in [0.3, 0.4) is 0 Å². The Bertz CT molecular complexity index is 759. The molecule has 1 unspecified atom stereocenters. The molecule has 0 radical (unpaired) electrons. The van der Waals surface area contributed by atoms with Crippen LogP contribution in [0.15, 0.2) is 42.5 Å². The van der Waals surface area contributed by atoms with Gasteiger partial charge in [0.25, 0.3) is 0 Å². The summed E-state index contributed by atoms with van der Waals surface area (Å²) in [7, 11) is 0. The van der Waals surface area contributed by atoms with Crippen molar-refractivity contribution in [3.8, 4) is 0 Å². The van der Waals surface area contributed by atoms with Gasteiger partial charge in [0.2, 0.25) is 0 Å². The number of benzene rings is 2. The summed E-state index contributed by atoms with van der Waals surface area (Å²) in [6.45, 7) is 5.28. The van der Waals surface area contributed by atoms with E-state index in [-0.39, 0.29) is 5.02 Å². The van der Waals surface area contributed by atoms with E-state index in [1.165, 1.54) is 24.3 Å². The van der Waals surface area contributed by atoms with Crippen LogP contribution < -0.4 is 4.72 Å². The Morgan fingerprint density at radius 1 is 1.00 bits per heavy atom. The molecule has 142 valence electrons. The molecule has 0 saturated heterocycles. The first-order valence-electron chi connectivity index (χ1n) is 7.70. The van der Waals surface area contributed by atoms with Crippen molar-refractivity contribution in [1.82, 2.24) is 4.72 Å². The van der Waals surface area contributed by atoms with Gasteiger partial charge in [-0.2, -0.15) is 13.2 Å². The highest BCUT2D eigenvalue weighted by Gasteiger charge is 2.33. The lowest BCUT2D eigenvalue weighted by Crippen LogP contribution is -2.41. The second kappa shape index (κ2) is 7.76. The van der Waals surface area contributed by atoms with Crippen molar-refractivity contribution in [3.05, 3.63) is 70.0 Å². The molecule has 0 spiro atoms. The highest BCUT2D eigenvalue weighted by Crippen LogP contribution is 2.32. The molecule has 1 N–H and O–H groups in total. The molecule has 0 aliphatic heterocycles. The molecule has 0 aromatic heterocycles. The monoisotopic (exact) mass is 407 g/mol. The summed E-state index contributed by atoms with van der Waals surface area (Å²) in [6.07, 6.45) is -4.45. The van der Waals surface area contributed by atoms with Gasteiger partial charge in [0.1, 0.15) is 16.6 Å². The molecular formula is C18H18ClF4NOS. The Morgan fingerprint density at radius 3 is 2.00 bits per heavy atom. The first-order chi connectivity index (χ1) is 11.9. The molecule has 8 heteroatoms. The third-order valence-electron chi connectivity index (χ3n) is 3.63. The summed E-state index contributed by atoms with van der Waals surface area (Å²) < 4.78 is 66.6. The van der Waals surface area contributed by atoms with Gasteiger partial charge in [-0.1, -0.05) is 29.8 Å². The summed E-state index contributed by atoms with van der Waals surface area (Å²) >= 11 is 4.32. The predicted octanol–water partition coefficient (Wildman–Crippen LogP) is 5.64. The Morgan fingerprint density at radius 2 is 1.54 bits per heavy atom. The lowest BCUT2D eigenvalue weighted by molar-refractivity contribution is -0.137. The Labute approximate surface area is 157 Å². The molecule has 2 rings (SSSR count). The molecule has 2 aromatic carbocycles. The van der Waals surface area contributed by atoms with Crippen molar-refractivity contribution < 1.29 is 22.1 Å². The summed E-state index contributed by atoms with van der Waals surface area (Å²) in [4.78, 5) is 0.